The van der Waals surface area contributed by atoms with Gasteiger partial charge in [-0.25, -0.2) is 0 Å². The van der Waals surface area contributed by atoms with Gasteiger partial charge in [-0.05, 0) is 5.53 Å². The monoisotopic (exact) mass is 111 g/mol. The molecular formula is C4H5N3O. The number of aliphatic hydroxyl groups is 1. The van der Waals surface area contributed by atoms with E-state index in [-0.39, 0.29) is 12.3 Å². The number of hydrogen-bond acceptors (Lipinski definition) is 2. The Morgan fingerprint density at radius 2 is 2.62 bits per heavy atom. The highest BCUT2D eigenvalue weighted by Crippen LogP contribution is 1.89. The standard InChI is InChI=1S/C4H5N3O/c1-2-4(3-8)6-7-5/h8H,1,3H2. The van der Waals surface area contributed by atoms with Gasteiger partial charge < -0.3 is 5.11 Å². The molecule has 42 valence electrons. The molecule has 0 fully saturated rings. The Kier molecular flexibility index (Phi) is 3.36. The minimum Gasteiger partial charge on any atom is -0.391 e. The van der Waals surface area contributed by atoms with E-state index in [1.165, 1.54) is 0 Å². The lowest BCUT2D eigenvalue weighted by Gasteiger charge is -1.81. The van der Waals surface area contributed by atoms with E-state index >= 15 is 0 Å². The Labute approximate surface area is 46.4 Å². The van der Waals surface area contributed by atoms with Crippen molar-refractivity contribution >= 4 is 0 Å². The summed E-state index contributed by atoms with van der Waals surface area (Å²) >= 11 is 0. The first-order valence-electron chi connectivity index (χ1n) is 1.90. The maximum Gasteiger partial charge on any atom is 0.0818 e. The normalized spacial score (nSPS) is 6.62. The quantitative estimate of drug-likeness (QED) is 0.245. The molecular weight excluding hydrogens is 106 g/mol. The van der Waals surface area contributed by atoms with Gasteiger partial charge in [0.05, 0.1) is 12.3 Å². The van der Waals surface area contributed by atoms with E-state index in [1.54, 1.807) is 0 Å². The van der Waals surface area contributed by atoms with Crippen molar-refractivity contribution in [2.75, 3.05) is 6.61 Å². The molecule has 0 spiro atoms. The smallest absolute Gasteiger partial charge is 0.0818 e. The molecule has 0 rings (SSSR count). The van der Waals surface area contributed by atoms with Crippen LogP contribution in [0.3, 0.4) is 0 Å². The van der Waals surface area contributed by atoms with Crippen LogP contribution in [0.4, 0.5) is 0 Å². The van der Waals surface area contributed by atoms with Crippen LogP contribution in [0.2, 0.25) is 0 Å². The zero-order chi connectivity index (χ0) is 6.41. The predicted octanol–water partition coefficient (Wildman–Crippen LogP) is 0.958. The molecule has 0 saturated heterocycles. The van der Waals surface area contributed by atoms with E-state index in [9.17, 15) is 0 Å². The van der Waals surface area contributed by atoms with Gasteiger partial charge in [0.25, 0.3) is 0 Å². The topological polar surface area (TPSA) is 69.0 Å². The molecule has 0 aliphatic rings. The first-order chi connectivity index (χ1) is 3.85. The Morgan fingerprint density at radius 3 is 2.75 bits per heavy atom. The van der Waals surface area contributed by atoms with Crippen LogP contribution in [0.5, 0.6) is 0 Å². The molecule has 0 aromatic heterocycles. The highest BCUT2D eigenvalue weighted by molar-refractivity contribution is 4.95. The van der Waals surface area contributed by atoms with Crippen molar-refractivity contribution in [2.45, 2.75) is 0 Å². The van der Waals surface area contributed by atoms with Gasteiger partial charge in [0, 0.05) is 4.91 Å². The van der Waals surface area contributed by atoms with Crippen LogP contribution in [0.25, 0.3) is 10.4 Å². The SMILES string of the molecule is C=C=C(CO)N=[N+]=[N-]. The van der Waals surface area contributed by atoms with Crippen molar-refractivity contribution in [3.05, 3.63) is 28.5 Å². The summed E-state index contributed by atoms with van der Waals surface area (Å²) in [5.74, 6) is 0. The molecule has 0 bridgehead atoms. The van der Waals surface area contributed by atoms with E-state index in [1.807, 2.05) is 0 Å². The van der Waals surface area contributed by atoms with E-state index in [4.69, 9.17) is 10.6 Å². The lowest BCUT2D eigenvalue weighted by Crippen LogP contribution is -1.80. The fourth-order valence-electron chi connectivity index (χ4n) is 0.177. The fraction of sp³-hybridized carbons (Fsp3) is 0.250. The van der Waals surface area contributed by atoms with Crippen LogP contribution in [0, 0.1) is 0 Å². The van der Waals surface area contributed by atoms with Crippen LogP contribution < -0.4 is 0 Å². The van der Waals surface area contributed by atoms with E-state index in [0.29, 0.717) is 0 Å². The van der Waals surface area contributed by atoms with Gasteiger partial charge in [0.15, 0.2) is 0 Å². The summed E-state index contributed by atoms with van der Waals surface area (Å²) in [4.78, 5) is 2.40. The second-order valence-corrected chi connectivity index (χ2v) is 0.971. The molecule has 0 radical (unpaired) electrons. The van der Waals surface area contributed by atoms with Gasteiger partial charge in [-0.2, -0.15) is 0 Å². The summed E-state index contributed by atoms with van der Waals surface area (Å²) in [6, 6.07) is 0. The predicted molar refractivity (Wildman–Crippen MR) is 28.9 cm³/mol. The van der Waals surface area contributed by atoms with Crippen LogP contribution >= 0.6 is 0 Å². The molecule has 1 N–H and O–H groups in total. The molecule has 0 aliphatic heterocycles. The fourth-order valence-corrected chi connectivity index (χ4v) is 0.177. The van der Waals surface area contributed by atoms with Crippen LogP contribution in [0.15, 0.2) is 23.1 Å². The number of azide groups is 1. The molecule has 0 aromatic carbocycles. The van der Waals surface area contributed by atoms with Crippen molar-refractivity contribution in [2.24, 2.45) is 5.11 Å². The van der Waals surface area contributed by atoms with Crippen LogP contribution in [0.1, 0.15) is 0 Å². The molecule has 0 aliphatic carbocycles. The van der Waals surface area contributed by atoms with Gasteiger partial charge in [0.1, 0.15) is 0 Å². The molecule has 8 heavy (non-hydrogen) atoms. The molecule has 0 aromatic rings. The Balaban J connectivity index is 4.13. The Hall–Kier alpha value is -1.21. The molecule has 0 heterocycles. The summed E-state index contributed by atoms with van der Waals surface area (Å²) in [5.41, 5.74) is 10.1. The van der Waals surface area contributed by atoms with Crippen molar-refractivity contribution < 1.29 is 5.11 Å². The Bertz CT molecular complexity index is 162. The van der Waals surface area contributed by atoms with Crippen molar-refractivity contribution in [1.29, 1.82) is 0 Å². The zero-order valence-electron chi connectivity index (χ0n) is 4.20. The third kappa shape index (κ3) is 2.05. The Morgan fingerprint density at radius 1 is 2.00 bits per heavy atom. The number of nitrogens with zero attached hydrogens (tertiary/aromatic N) is 3. The third-order valence-corrected chi connectivity index (χ3v) is 0.519. The van der Waals surface area contributed by atoms with Gasteiger partial charge in [-0.1, -0.05) is 11.7 Å². The summed E-state index contributed by atoms with van der Waals surface area (Å²) in [6.45, 7) is 2.85. The molecule has 4 heteroatoms. The number of aliphatic hydroxyl groups excluding tert-OH is 1. The number of hydrogen-bond donors (Lipinski definition) is 1. The highest BCUT2D eigenvalue weighted by Gasteiger charge is 1.82. The summed E-state index contributed by atoms with van der Waals surface area (Å²) in [7, 11) is 0. The van der Waals surface area contributed by atoms with Gasteiger partial charge in [-0.3, -0.25) is 0 Å². The summed E-state index contributed by atoms with van der Waals surface area (Å²) < 4.78 is 0. The maximum absolute atomic E-state index is 8.25. The summed E-state index contributed by atoms with van der Waals surface area (Å²) in [5, 5.41) is 11.3. The zero-order valence-corrected chi connectivity index (χ0v) is 4.20. The molecule has 0 unspecified atom stereocenters. The summed E-state index contributed by atoms with van der Waals surface area (Å²) in [6.07, 6.45) is 0. The molecule has 0 atom stereocenters. The van der Waals surface area contributed by atoms with E-state index in [0.717, 1.165) is 0 Å². The van der Waals surface area contributed by atoms with Crippen LogP contribution in [-0.2, 0) is 0 Å². The largest absolute Gasteiger partial charge is 0.391 e. The molecule has 0 amide bonds. The van der Waals surface area contributed by atoms with Crippen molar-refractivity contribution in [3.8, 4) is 0 Å². The van der Waals surface area contributed by atoms with Crippen LogP contribution in [-0.4, -0.2) is 11.7 Å². The maximum atomic E-state index is 8.25. The lowest BCUT2D eigenvalue weighted by molar-refractivity contribution is 0.330. The first kappa shape index (κ1) is 6.79. The first-order valence-corrected chi connectivity index (χ1v) is 1.90. The van der Waals surface area contributed by atoms with Gasteiger partial charge in [0.2, 0.25) is 0 Å². The van der Waals surface area contributed by atoms with Crippen molar-refractivity contribution in [3.63, 3.8) is 0 Å². The van der Waals surface area contributed by atoms with E-state index in [2.05, 4.69) is 22.3 Å². The van der Waals surface area contributed by atoms with Gasteiger partial charge >= 0.3 is 0 Å². The van der Waals surface area contributed by atoms with Crippen molar-refractivity contribution in [1.82, 2.24) is 0 Å². The average Bonchev–Trinajstić information content (AvgIpc) is 1.83. The minimum absolute atomic E-state index is 0.118. The highest BCUT2D eigenvalue weighted by atomic mass is 16.3. The minimum atomic E-state index is -0.312. The number of rotatable bonds is 2. The van der Waals surface area contributed by atoms with E-state index < -0.39 is 0 Å². The van der Waals surface area contributed by atoms with Gasteiger partial charge in [-0.15, -0.1) is 5.73 Å². The second kappa shape index (κ2) is 3.96. The average molecular weight is 111 g/mol. The third-order valence-electron chi connectivity index (χ3n) is 0.519. The molecule has 4 nitrogen and oxygen atoms in total. The second-order valence-electron chi connectivity index (χ2n) is 0.971. The molecule has 0 saturated carbocycles. The lowest BCUT2D eigenvalue weighted by atomic mass is 10.5.